The van der Waals surface area contributed by atoms with Crippen LogP contribution in [0.15, 0.2) is 18.2 Å². The third-order valence-corrected chi connectivity index (χ3v) is 3.57. The van der Waals surface area contributed by atoms with Gasteiger partial charge in [-0.25, -0.2) is 0 Å². The third-order valence-electron chi connectivity index (χ3n) is 3.57. The molecule has 1 aliphatic carbocycles. The van der Waals surface area contributed by atoms with Crippen molar-refractivity contribution >= 4 is 5.69 Å². The van der Waals surface area contributed by atoms with Gasteiger partial charge in [0.15, 0.2) is 0 Å². The number of hydrogen-bond acceptors (Lipinski definition) is 2. The summed E-state index contributed by atoms with van der Waals surface area (Å²) >= 11 is 0. The Labute approximate surface area is 111 Å². The molecule has 0 aliphatic heterocycles. The summed E-state index contributed by atoms with van der Waals surface area (Å²) in [4.78, 5) is 2.57. The summed E-state index contributed by atoms with van der Waals surface area (Å²) in [6, 6.07) is 8.19. The van der Waals surface area contributed by atoms with Crippen LogP contribution in [0.5, 0.6) is 0 Å². The molecule has 1 fully saturated rings. The Morgan fingerprint density at radius 2 is 2.06 bits per heavy atom. The van der Waals surface area contributed by atoms with Gasteiger partial charge in [0, 0.05) is 30.9 Å². The summed E-state index contributed by atoms with van der Waals surface area (Å²) in [7, 11) is 0. The maximum Gasteiger partial charge on any atom is 0.0414 e. The summed E-state index contributed by atoms with van der Waals surface area (Å²) in [5.74, 6) is 0. The molecule has 0 saturated heterocycles. The molecule has 1 aliphatic rings. The van der Waals surface area contributed by atoms with E-state index in [0.717, 1.165) is 19.1 Å². The number of nitrogens with zero attached hydrogens (tertiary/aromatic N) is 1. The van der Waals surface area contributed by atoms with E-state index in [9.17, 15) is 0 Å². The lowest BCUT2D eigenvalue weighted by Crippen LogP contribution is -2.28. The van der Waals surface area contributed by atoms with Gasteiger partial charge in [-0.2, -0.15) is 0 Å². The van der Waals surface area contributed by atoms with Crippen molar-refractivity contribution in [2.24, 2.45) is 0 Å². The van der Waals surface area contributed by atoms with Gasteiger partial charge in [0.25, 0.3) is 0 Å². The SMILES string of the molecule is CCN(c1ccc(C)cc1CNC(C)C)C1CC1. The average molecular weight is 246 g/mol. The maximum atomic E-state index is 3.54. The van der Waals surface area contributed by atoms with E-state index in [-0.39, 0.29) is 0 Å². The highest BCUT2D eigenvalue weighted by atomic mass is 15.2. The second-order valence-corrected chi connectivity index (χ2v) is 5.68. The molecule has 0 heterocycles. The van der Waals surface area contributed by atoms with E-state index in [4.69, 9.17) is 0 Å². The number of hydrogen-bond donors (Lipinski definition) is 1. The average Bonchev–Trinajstić information content (AvgIpc) is 3.14. The van der Waals surface area contributed by atoms with Gasteiger partial charge in [0.2, 0.25) is 0 Å². The molecule has 18 heavy (non-hydrogen) atoms. The lowest BCUT2D eigenvalue weighted by molar-refractivity contribution is 0.587. The number of benzene rings is 1. The first kappa shape index (κ1) is 13.4. The predicted octanol–water partition coefficient (Wildman–Crippen LogP) is 3.48. The Balaban J connectivity index is 2.21. The summed E-state index contributed by atoms with van der Waals surface area (Å²) < 4.78 is 0. The molecule has 0 amide bonds. The van der Waals surface area contributed by atoms with Crippen molar-refractivity contribution < 1.29 is 0 Å². The van der Waals surface area contributed by atoms with Gasteiger partial charge < -0.3 is 10.2 Å². The molecule has 2 nitrogen and oxygen atoms in total. The van der Waals surface area contributed by atoms with Crippen LogP contribution in [-0.2, 0) is 6.54 Å². The van der Waals surface area contributed by atoms with E-state index in [1.165, 1.54) is 29.7 Å². The fraction of sp³-hybridized carbons (Fsp3) is 0.625. The molecule has 2 rings (SSSR count). The van der Waals surface area contributed by atoms with Crippen LogP contribution in [-0.4, -0.2) is 18.6 Å². The van der Waals surface area contributed by atoms with Crippen LogP contribution < -0.4 is 10.2 Å². The van der Waals surface area contributed by atoms with Crippen LogP contribution in [0.4, 0.5) is 5.69 Å². The second kappa shape index (κ2) is 5.75. The van der Waals surface area contributed by atoms with E-state index >= 15 is 0 Å². The quantitative estimate of drug-likeness (QED) is 0.826. The van der Waals surface area contributed by atoms with Crippen molar-refractivity contribution in [3.63, 3.8) is 0 Å². The molecule has 0 radical (unpaired) electrons. The minimum atomic E-state index is 0.536. The number of anilines is 1. The van der Waals surface area contributed by atoms with Gasteiger partial charge in [-0.05, 0) is 38.3 Å². The molecular formula is C16H26N2. The first-order valence-electron chi connectivity index (χ1n) is 7.21. The first-order valence-corrected chi connectivity index (χ1v) is 7.21. The summed E-state index contributed by atoms with van der Waals surface area (Å²) in [6.07, 6.45) is 2.72. The monoisotopic (exact) mass is 246 g/mol. The molecular weight excluding hydrogens is 220 g/mol. The Hall–Kier alpha value is -1.02. The van der Waals surface area contributed by atoms with E-state index < -0.39 is 0 Å². The minimum absolute atomic E-state index is 0.536. The molecule has 2 heteroatoms. The molecule has 0 aromatic heterocycles. The van der Waals surface area contributed by atoms with Crippen LogP contribution in [0.3, 0.4) is 0 Å². The fourth-order valence-corrected chi connectivity index (χ4v) is 2.46. The molecule has 0 unspecified atom stereocenters. The largest absolute Gasteiger partial charge is 0.369 e. The number of aryl methyl sites for hydroxylation is 1. The van der Waals surface area contributed by atoms with Crippen LogP contribution in [0, 0.1) is 6.92 Å². The van der Waals surface area contributed by atoms with Crippen molar-refractivity contribution in [1.29, 1.82) is 0 Å². The van der Waals surface area contributed by atoms with Crippen LogP contribution in [0.25, 0.3) is 0 Å². The topological polar surface area (TPSA) is 15.3 Å². The molecule has 1 aromatic rings. The lowest BCUT2D eigenvalue weighted by Gasteiger charge is -2.26. The van der Waals surface area contributed by atoms with Gasteiger partial charge in [-0.15, -0.1) is 0 Å². The smallest absolute Gasteiger partial charge is 0.0414 e. The summed E-state index contributed by atoms with van der Waals surface area (Å²) in [5.41, 5.74) is 4.22. The molecule has 100 valence electrons. The highest BCUT2D eigenvalue weighted by Gasteiger charge is 2.29. The van der Waals surface area contributed by atoms with E-state index in [1.807, 2.05) is 0 Å². The second-order valence-electron chi connectivity index (χ2n) is 5.68. The van der Waals surface area contributed by atoms with Gasteiger partial charge in [0.1, 0.15) is 0 Å². The van der Waals surface area contributed by atoms with Gasteiger partial charge in [0.05, 0.1) is 0 Å². The Kier molecular flexibility index (Phi) is 4.28. The normalized spacial score (nSPS) is 15.2. The molecule has 1 saturated carbocycles. The van der Waals surface area contributed by atoms with Crippen molar-refractivity contribution in [2.45, 2.75) is 59.2 Å². The summed E-state index contributed by atoms with van der Waals surface area (Å²) in [5, 5.41) is 3.54. The van der Waals surface area contributed by atoms with Gasteiger partial charge in [-0.3, -0.25) is 0 Å². The van der Waals surface area contributed by atoms with Crippen LogP contribution in [0.1, 0.15) is 44.7 Å². The van der Waals surface area contributed by atoms with E-state index in [1.54, 1.807) is 0 Å². The number of rotatable bonds is 6. The molecule has 0 atom stereocenters. The zero-order valence-electron chi connectivity index (χ0n) is 12.2. The zero-order valence-corrected chi connectivity index (χ0v) is 12.2. The van der Waals surface area contributed by atoms with Gasteiger partial charge >= 0.3 is 0 Å². The standard InChI is InChI=1S/C16H26N2/c1-5-18(15-7-8-15)16-9-6-13(4)10-14(16)11-17-12(2)3/h6,9-10,12,15,17H,5,7-8,11H2,1-4H3. The van der Waals surface area contributed by atoms with Crippen LogP contribution >= 0.6 is 0 Å². The Morgan fingerprint density at radius 3 is 2.61 bits per heavy atom. The highest BCUT2D eigenvalue weighted by molar-refractivity contribution is 5.56. The lowest BCUT2D eigenvalue weighted by atomic mass is 10.1. The molecule has 1 aromatic carbocycles. The molecule has 0 bridgehead atoms. The van der Waals surface area contributed by atoms with Crippen molar-refractivity contribution in [1.82, 2.24) is 5.32 Å². The van der Waals surface area contributed by atoms with E-state index in [2.05, 4.69) is 56.1 Å². The van der Waals surface area contributed by atoms with Crippen molar-refractivity contribution in [2.75, 3.05) is 11.4 Å². The van der Waals surface area contributed by atoms with E-state index in [0.29, 0.717) is 6.04 Å². The number of nitrogens with one attached hydrogen (secondary N) is 1. The molecule has 0 spiro atoms. The fourth-order valence-electron chi connectivity index (χ4n) is 2.46. The van der Waals surface area contributed by atoms with Crippen molar-refractivity contribution in [3.05, 3.63) is 29.3 Å². The highest BCUT2D eigenvalue weighted by Crippen LogP contribution is 2.33. The van der Waals surface area contributed by atoms with Gasteiger partial charge in [-0.1, -0.05) is 31.5 Å². The van der Waals surface area contributed by atoms with Crippen molar-refractivity contribution in [3.8, 4) is 0 Å². The third kappa shape index (κ3) is 3.26. The first-order chi connectivity index (χ1) is 8.61. The van der Waals surface area contributed by atoms with Crippen LogP contribution in [0.2, 0.25) is 0 Å². The predicted molar refractivity (Wildman–Crippen MR) is 79.2 cm³/mol. The Bertz CT molecular complexity index is 394. The maximum absolute atomic E-state index is 3.54. The zero-order chi connectivity index (χ0) is 13.1. The minimum Gasteiger partial charge on any atom is -0.369 e. The Morgan fingerprint density at radius 1 is 1.33 bits per heavy atom. The summed E-state index contributed by atoms with van der Waals surface area (Å²) in [6.45, 7) is 10.9. The molecule has 1 N–H and O–H groups in total.